The van der Waals surface area contributed by atoms with Crippen molar-refractivity contribution in [3.8, 4) is 0 Å². The fourth-order valence-corrected chi connectivity index (χ4v) is 3.54. The minimum absolute atomic E-state index is 0.0394. The lowest BCUT2D eigenvalue weighted by atomic mass is 9.73. The van der Waals surface area contributed by atoms with Gasteiger partial charge in [0.1, 0.15) is 0 Å². The molecule has 2 heterocycles. The third kappa shape index (κ3) is 4.57. The number of carbonyl (C=O) groups is 3. The highest BCUT2D eigenvalue weighted by Crippen LogP contribution is 2.38. The van der Waals surface area contributed by atoms with Crippen LogP contribution in [0.1, 0.15) is 25.7 Å². The highest BCUT2D eigenvalue weighted by molar-refractivity contribution is 5.83. The second kappa shape index (κ2) is 7.63. The van der Waals surface area contributed by atoms with E-state index in [1.165, 1.54) is 0 Å². The van der Waals surface area contributed by atoms with Crippen molar-refractivity contribution in [3.05, 3.63) is 0 Å². The number of nitrogens with one attached hydrogen (secondary N) is 1. The maximum Gasteiger partial charge on any atom is 0.312 e. The zero-order chi connectivity index (χ0) is 16.9. The average molecular weight is 326 g/mol. The molecule has 2 aliphatic heterocycles. The Kier molecular flexibility index (Phi) is 5.81. The van der Waals surface area contributed by atoms with Gasteiger partial charge in [-0.15, -0.1) is 0 Å². The van der Waals surface area contributed by atoms with E-state index in [1.54, 1.807) is 12.0 Å². The van der Waals surface area contributed by atoms with E-state index in [1.807, 2.05) is 4.90 Å². The Bertz CT molecular complexity index is 470. The largest absolute Gasteiger partial charge is 0.383 e. The average Bonchev–Trinajstić information content (AvgIpc) is 2.54. The Morgan fingerprint density at radius 1 is 1.35 bits per heavy atom. The molecule has 4 amide bonds. The minimum atomic E-state index is -0.695. The highest BCUT2D eigenvalue weighted by atomic mass is 16.5. The quantitative estimate of drug-likeness (QED) is 0.712. The van der Waals surface area contributed by atoms with Crippen molar-refractivity contribution in [2.75, 3.05) is 46.4 Å². The lowest BCUT2D eigenvalue weighted by Crippen LogP contribution is -2.56. The molecule has 3 N–H and O–H groups in total. The molecule has 2 rings (SSSR count). The first-order valence-corrected chi connectivity index (χ1v) is 8.03. The van der Waals surface area contributed by atoms with Gasteiger partial charge in [0, 0.05) is 45.1 Å². The summed E-state index contributed by atoms with van der Waals surface area (Å²) in [4.78, 5) is 38.6. The summed E-state index contributed by atoms with van der Waals surface area (Å²) in [5.74, 6) is 0.0368. The van der Waals surface area contributed by atoms with Gasteiger partial charge in [-0.05, 0) is 19.3 Å². The van der Waals surface area contributed by atoms with E-state index < -0.39 is 6.03 Å². The smallest absolute Gasteiger partial charge is 0.312 e. The topological polar surface area (TPSA) is 105 Å². The molecule has 2 saturated heterocycles. The number of hydrogen-bond donors (Lipinski definition) is 2. The molecule has 2 aliphatic rings. The van der Waals surface area contributed by atoms with E-state index in [0.29, 0.717) is 39.2 Å². The van der Waals surface area contributed by atoms with E-state index in [2.05, 4.69) is 5.32 Å². The lowest BCUT2D eigenvalue weighted by molar-refractivity contribution is -0.143. The Morgan fingerprint density at radius 2 is 2.13 bits per heavy atom. The Hall–Kier alpha value is -1.83. The third-order valence-electron chi connectivity index (χ3n) is 4.74. The second-order valence-electron chi connectivity index (χ2n) is 6.44. The molecule has 1 atom stereocenters. The van der Waals surface area contributed by atoms with Gasteiger partial charge in [0.15, 0.2) is 0 Å². The van der Waals surface area contributed by atoms with Crippen LogP contribution < -0.4 is 11.1 Å². The molecular formula is C15H26N4O4. The zero-order valence-corrected chi connectivity index (χ0v) is 13.7. The predicted octanol–water partition coefficient (Wildman–Crippen LogP) is -0.468. The maximum atomic E-state index is 12.2. The fraction of sp³-hybridized carbons (Fsp3) is 0.800. The third-order valence-corrected chi connectivity index (χ3v) is 4.74. The number of primary amides is 1. The van der Waals surface area contributed by atoms with Crippen molar-refractivity contribution >= 4 is 17.8 Å². The molecule has 0 aromatic heterocycles. The summed E-state index contributed by atoms with van der Waals surface area (Å²) in [6.07, 6.45) is 3.25. The summed E-state index contributed by atoms with van der Waals surface area (Å²) in [5, 5.41) is 2.34. The molecule has 2 fully saturated rings. The maximum absolute atomic E-state index is 12.2. The van der Waals surface area contributed by atoms with Gasteiger partial charge in [-0.1, -0.05) is 0 Å². The zero-order valence-electron chi connectivity index (χ0n) is 13.7. The van der Waals surface area contributed by atoms with Crippen LogP contribution >= 0.6 is 0 Å². The predicted molar refractivity (Wildman–Crippen MR) is 83.5 cm³/mol. The molecule has 0 aromatic rings. The lowest BCUT2D eigenvalue weighted by Gasteiger charge is -2.48. The van der Waals surface area contributed by atoms with Gasteiger partial charge in [-0.3, -0.25) is 9.59 Å². The summed E-state index contributed by atoms with van der Waals surface area (Å²) < 4.78 is 5.07. The number of nitrogens with two attached hydrogens (primary N) is 1. The fourth-order valence-electron chi connectivity index (χ4n) is 3.54. The molecule has 0 saturated carbocycles. The SMILES string of the molecule is COCCN1C[C@@]2(CCCN(C(=O)CNC(N)=O)C2)CCC1=O. The summed E-state index contributed by atoms with van der Waals surface area (Å²) in [7, 11) is 1.62. The van der Waals surface area contributed by atoms with Crippen LogP contribution in [-0.2, 0) is 14.3 Å². The molecule has 0 aromatic carbocycles. The first-order chi connectivity index (χ1) is 11.0. The van der Waals surface area contributed by atoms with Crippen molar-refractivity contribution in [2.24, 2.45) is 11.1 Å². The van der Waals surface area contributed by atoms with Crippen LogP contribution in [0.2, 0.25) is 0 Å². The molecule has 8 heteroatoms. The number of carbonyl (C=O) groups excluding carboxylic acids is 3. The normalized spacial score (nSPS) is 24.8. The van der Waals surface area contributed by atoms with Crippen LogP contribution in [0.25, 0.3) is 0 Å². The van der Waals surface area contributed by atoms with Crippen LogP contribution in [-0.4, -0.2) is 74.1 Å². The molecule has 1 spiro atoms. The van der Waals surface area contributed by atoms with Gasteiger partial charge in [0.2, 0.25) is 11.8 Å². The molecule has 8 nitrogen and oxygen atoms in total. The molecule has 0 aliphatic carbocycles. The van der Waals surface area contributed by atoms with Gasteiger partial charge in [-0.2, -0.15) is 0 Å². The minimum Gasteiger partial charge on any atom is -0.383 e. The molecule has 0 bridgehead atoms. The van der Waals surface area contributed by atoms with Crippen LogP contribution in [0, 0.1) is 5.41 Å². The Balaban J connectivity index is 1.96. The van der Waals surface area contributed by atoms with Crippen molar-refractivity contribution < 1.29 is 19.1 Å². The highest BCUT2D eigenvalue weighted by Gasteiger charge is 2.42. The number of nitrogens with zero attached hydrogens (tertiary/aromatic N) is 2. The van der Waals surface area contributed by atoms with Crippen molar-refractivity contribution in [1.29, 1.82) is 0 Å². The number of hydrogen-bond acceptors (Lipinski definition) is 4. The number of amides is 4. The second-order valence-corrected chi connectivity index (χ2v) is 6.44. The monoisotopic (exact) mass is 326 g/mol. The molecule has 0 radical (unpaired) electrons. The molecule has 23 heavy (non-hydrogen) atoms. The molecule has 0 unspecified atom stereocenters. The first kappa shape index (κ1) is 17.5. The van der Waals surface area contributed by atoms with Gasteiger partial charge in [0.25, 0.3) is 0 Å². The number of rotatable bonds is 5. The van der Waals surface area contributed by atoms with E-state index in [9.17, 15) is 14.4 Å². The number of methoxy groups -OCH3 is 1. The number of urea groups is 1. The standard InChI is InChI=1S/C15H26N4O4/c1-23-8-7-19-11-15(5-3-12(19)20)4-2-6-18(10-15)13(21)9-17-14(16)22/h2-11H2,1H3,(H3,16,17,22)/t15-/m0/s1. The number of piperidine rings is 2. The summed E-state index contributed by atoms with van der Waals surface area (Å²) in [5.41, 5.74) is 4.97. The van der Waals surface area contributed by atoms with Crippen LogP contribution in [0.15, 0.2) is 0 Å². The summed E-state index contributed by atoms with van der Waals surface area (Å²) in [6, 6.07) is -0.695. The first-order valence-electron chi connectivity index (χ1n) is 8.03. The van der Waals surface area contributed by atoms with E-state index in [0.717, 1.165) is 19.3 Å². The van der Waals surface area contributed by atoms with Gasteiger partial charge in [0.05, 0.1) is 13.2 Å². The molecular weight excluding hydrogens is 300 g/mol. The van der Waals surface area contributed by atoms with E-state index >= 15 is 0 Å². The van der Waals surface area contributed by atoms with Crippen LogP contribution in [0.4, 0.5) is 4.79 Å². The number of likely N-dealkylation sites (tertiary alicyclic amines) is 2. The summed E-state index contributed by atoms with van der Waals surface area (Å²) >= 11 is 0. The Labute approximate surface area is 136 Å². The van der Waals surface area contributed by atoms with Crippen LogP contribution in [0.3, 0.4) is 0 Å². The van der Waals surface area contributed by atoms with Gasteiger partial charge in [-0.25, -0.2) is 4.79 Å². The van der Waals surface area contributed by atoms with E-state index in [-0.39, 0.29) is 23.8 Å². The summed E-state index contributed by atoms with van der Waals surface area (Å²) in [6.45, 7) is 3.03. The molecule has 130 valence electrons. The van der Waals surface area contributed by atoms with Crippen LogP contribution in [0.5, 0.6) is 0 Å². The number of ether oxygens (including phenoxy) is 1. The van der Waals surface area contributed by atoms with E-state index in [4.69, 9.17) is 10.5 Å². The van der Waals surface area contributed by atoms with Gasteiger partial charge < -0.3 is 25.6 Å². The van der Waals surface area contributed by atoms with Gasteiger partial charge >= 0.3 is 6.03 Å². The van der Waals surface area contributed by atoms with Crippen molar-refractivity contribution in [1.82, 2.24) is 15.1 Å². The van der Waals surface area contributed by atoms with Crippen molar-refractivity contribution in [3.63, 3.8) is 0 Å². The van der Waals surface area contributed by atoms with Crippen molar-refractivity contribution in [2.45, 2.75) is 25.7 Å². The Morgan fingerprint density at radius 3 is 2.83 bits per heavy atom.